The molecular weight excluding hydrogens is 282 g/mol. The summed E-state index contributed by atoms with van der Waals surface area (Å²) in [6.07, 6.45) is 2.35. The summed E-state index contributed by atoms with van der Waals surface area (Å²) >= 11 is 5.96. The van der Waals surface area contributed by atoms with Crippen molar-refractivity contribution in [3.8, 4) is 0 Å². The van der Waals surface area contributed by atoms with Gasteiger partial charge in [-0.25, -0.2) is 0 Å². The van der Waals surface area contributed by atoms with Gasteiger partial charge in [0, 0.05) is 11.1 Å². The zero-order valence-corrected chi connectivity index (χ0v) is 14.7. The van der Waals surface area contributed by atoms with Crippen LogP contribution >= 0.6 is 11.6 Å². The average Bonchev–Trinajstić information content (AvgIpc) is 2.47. The van der Waals surface area contributed by atoms with Gasteiger partial charge in [0.2, 0.25) is 0 Å². The van der Waals surface area contributed by atoms with Crippen LogP contribution in [0.5, 0.6) is 0 Å². The van der Waals surface area contributed by atoms with E-state index in [2.05, 4.69) is 48.3 Å². The van der Waals surface area contributed by atoms with Crippen LogP contribution in [0.4, 0.5) is 0 Å². The van der Waals surface area contributed by atoms with E-state index in [1.165, 1.54) is 18.5 Å². The van der Waals surface area contributed by atoms with E-state index in [0.717, 1.165) is 31.1 Å². The molecule has 1 aromatic rings. The van der Waals surface area contributed by atoms with E-state index in [0.29, 0.717) is 6.04 Å². The van der Waals surface area contributed by atoms with Gasteiger partial charge in [0.1, 0.15) is 0 Å². The molecular formula is C17H30ClN3. The van der Waals surface area contributed by atoms with Crippen LogP contribution in [0.25, 0.3) is 0 Å². The Bertz CT molecular complexity index is 378. The zero-order valence-electron chi connectivity index (χ0n) is 13.9. The maximum Gasteiger partial charge on any atom is 0.0406 e. The van der Waals surface area contributed by atoms with E-state index in [1.807, 2.05) is 19.2 Å². The molecule has 120 valence electrons. The maximum absolute atomic E-state index is 5.96. The molecule has 0 radical (unpaired) electrons. The quantitative estimate of drug-likeness (QED) is 0.715. The normalized spacial score (nSPS) is 13.1. The number of benzene rings is 1. The van der Waals surface area contributed by atoms with Gasteiger partial charge in [-0.2, -0.15) is 0 Å². The lowest BCUT2D eigenvalue weighted by atomic mass is 10.0. The smallest absolute Gasteiger partial charge is 0.0406 e. The Labute approximate surface area is 135 Å². The number of hydrogen-bond acceptors (Lipinski definition) is 3. The molecule has 21 heavy (non-hydrogen) atoms. The van der Waals surface area contributed by atoms with E-state index >= 15 is 0 Å². The van der Waals surface area contributed by atoms with Gasteiger partial charge >= 0.3 is 0 Å². The van der Waals surface area contributed by atoms with Crippen molar-refractivity contribution in [1.82, 2.24) is 15.1 Å². The lowest BCUT2D eigenvalue weighted by molar-refractivity contribution is 0.253. The van der Waals surface area contributed by atoms with Crippen molar-refractivity contribution >= 4 is 11.6 Å². The predicted molar refractivity (Wildman–Crippen MR) is 93.2 cm³/mol. The average molecular weight is 312 g/mol. The molecule has 0 saturated carbocycles. The number of nitrogens with zero attached hydrogens (tertiary/aromatic N) is 2. The Morgan fingerprint density at radius 3 is 2.29 bits per heavy atom. The van der Waals surface area contributed by atoms with Crippen molar-refractivity contribution in [2.75, 3.05) is 47.3 Å². The SMILES string of the molecule is CCN(CCCN(C)C)CCC(NC)c1ccc(Cl)cc1. The first-order valence-electron chi connectivity index (χ1n) is 7.86. The molecule has 1 unspecified atom stereocenters. The lowest BCUT2D eigenvalue weighted by Crippen LogP contribution is -2.30. The minimum atomic E-state index is 0.394. The standard InChI is InChI=1S/C17H30ClN3/c1-5-21(13-6-12-20(3)4)14-11-17(19-2)15-7-9-16(18)10-8-15/h7-10,17,19H,5-6,11-14H2,1-4H3. The molecule has 3 nitrogen and oxygen atoms in total. The predicted octanol–water partition coefficient (Wildman–Crippen LogP) is 3.26. The van der Waals surface area contributed by atoms with Gasteiger partial charge in [-0.1, -0.05) is 30.7 Å². The van der Waals surface area contributed by atoms with Gasteiger partial charge in [0.05, 0.1) is 0 Å². The molecule has 4 heteroatoms. The summed E-state index contributed by atoms with van der Waals surface area (Å²) in [5.74, 6) is 0. The Balaban J connectivity index is 2.43. The third kappa shape index (κ3) is 7.28. The highest BCUT2D eigenvalue weighted by Gasteiger charge is 2.11. The molecule has 0 saturated heterocycles. The first kappa shape index (κ1) is 18.4. The number of nitrogens with one attached hydrogen (secondary N) is 1. The molecule has 0 aliphatic carbocycles. The van der Waals surface area contributed by atoms with Gasteiger partial charge in [-0.05, 0) is 77.9 Å². The molecule has 0 amide bonds. The molecule has 0 aliphatic heterocycles. The van der Waals surface area contributed by atoms with Gasteiger partial charge in [0.25, 0.3) is 0 Å². The van der Waals surface area contributed by atoms with E-state index in [1.54, 1.807) is 0 Å². The van der Waals surface area contributed by atoms with E-state index < -0.39 is 0 Å². The highest BCUT2D eigenvalue weighted by molar-refractivity contribution is 6.30. The van der Waals surface area contributed by atoms with E-state index in [9.17, 15) is 0 Å². The molecule has 1 aromatic carbocycles. The molecule has 0 fully saturated rings. The largest absolute Gasteiger partial charge is 0.313 e. The summed E-state index contributed by atoms with van der Waals surface area (Å²) in [7, 11) is 6.29. The molecule has 0 bridgehead atoms. The van der Waals surface area contributed by atoms with Crippen LogP contribution in [0.1, 0.15) is 31.4 Å². The van der Waals surface area contributed by atoms with Gasteiger partial charge in [-0.15, -0.1) is 0 Å². The Kier molecular flexibility index (Phi) is 8.93. The minimum Gasteiger partial charge on any atom is -0.313 e. The molecule has 0 spiro atoms. The van der Waals surface area contributed by atoms with Crippen molar-refractivity contribution in [3.05, 3.63) is 34.9 Å². The fourth-order valence-electron chi connectivity index (χ4n) is 2.52. The lowest BCUT2D eigenvalue weighted by Gasteiger charge is -2.24. The number of hydrogen-bond donors (Lipinski definition) is 1. The summed E-state index contributed by atoms with van der Waals surface area (Å²) in [4.78, 5) is 4.78. The number of halogens is 1. The summed E-state index contributed by atoms with van der Waals surface area (Å²) in [5, 5.41) is 4.21. The second-order valence-electron chi connectivity index (χ2n) is 5.77. The first-order chi connectivity index (χ1) is 10.1. The summed E-state index contributed by atoms with van der Waals surface area (Å²) in [6.45, 7) is 6.81. The van der Waals surface area contributed by atoms with Crippen LogP contribution in [0, 0.1) is 0 Å². The van der Waals surface area contributed by atoms with Crippen LogP contribution in [0.2, 0.25) is 5.02 Å². The molecule has 0 aliphatic rings. The summed E-state index contributed by atoms with van der Waals surface area (Å²) < 4.78 is 0. The fourth-order valence-corrected chi connectivity index (χ4v) is 2.65. The third-order valence-corrected chi connectivity index (χ3v) is 4.13. The molecule has 1 atom stereocenters. The van der Waals surface area contributed by atoms with Crippen molar-refractivity contribution in [3.63, 3.8) is 0 Å². The highest BCUT2D eigenvalue weighted by Crippen LogP contribution is 2.19. The van der Waals surface area contributed by atoms with Crippen molar-refractivity contribution in [2.45, 2.75) is 25.8 Å². The molecule has 0 aromatic heterocycles. The Morgan fingerprint density at radius 2 is 1.76 bits per heavy atom. The van der Waals surface area contributed by atoms with Crippen LogP contribution in [-0.2, 0) is 0 Å². The second kappa shape index (κ2) is 10.2. The van der Waals surface area contributed by atoms with Crippen molar-refractivity contribution in [1.29, 1.82) is 0 Å². The van der Waals surface area contributed by atoms with Crippen LogP contribution in [-0.4, -0.2) is 57.1 Å². The van der Waals surface area contributed by atoms with E-state index in [-0.39, 0.29) is 0 Å². The van der Waals surface area contributed by atoms with Gasteiger partial charge < -0.3 is 15.1 Å². The highest BCUT2D eigenvalue weighted by atomic mass is 35.5. The number of rotatable bonds is 10. The van der Waals surface area contributed by atoms with Crippen molar-refractivity contribution in [2.24, 2.45) is 0 Å². The Morgan fingerprint density at radius 1 is 1.10 bits per heavy atom. The molecule has 0 heterocycles. The second-order valence-corrected chi connectivity index (χ2v) is 6.21. The fraction of sp³-hybridized carbons (Fsp3) is 0.647. The first-order valence-corrected chi connectivity index (χ1v) is 8.24. The minimum absolute atomic E-state index is 0.394. The topological polar surface area (TPSA) is 18.5 Å². The van der Waals surface area contributed by atoms with Crippen molar-refractivity contribution < 1.29 is 0 Å². The summed E-state index contributed by atoms with van der Waals surface area (Å²) in [6, 6.07) is 8.56. The monoisotopic (exact) mass is 311 g/mol. The van der Waals surface area contributed by atoms with Gasteiger partial charge in [-0.3, -0.25) is 0 Å². The molecule has 1 rings (SSSR count). The zero-order chi connectivity index (χ0) is 15.7. The van der Waals surface area contributed by atoms with E-state index in [4.69, 9.17) is 11.6 Å². The van der Waals surface area contributed by atoms with Crippen LogP contribution < -0.4 is 5.32 Å². The molecule has 1 N–H and O–H groups in total. The van der Waals surface area contributed by atoms with Gasteiger partial charge in [0.15, 0.2) is 0 Å². The maximum atomic E-state index is 5.96. The third-order valence-electron chi connectivity index (χ3n) is 3.88. The Hall–Kier alpha value is -0.610. The van der Waals surface area contributed by atoms with Crippen LogP contribution in [0.15, 0.2) is 24.3 Å². The van der Waals surface area contributed by atoms with Crippen LogP contribution in [0.3, 0.4) is 0 Å². The summed E-state index contributed by atoms with van der Waals surface area (Å²) in [5.41, 5.74) is 1.31.